The molecule has 4 aromatic rings. The lowest BCUT2D eigenvalue weighted by molar-refractivity contribution is 0.0954. The minimum Gasteiger partial charge on any atom is -0.364 e. The number of rotatable bonds is 7. The van der Waals surface area contributed by atoms with Crippen molar-refractivity contribution in [3.05, 3.63) is 84.3 Å². The number of Topliss-reactive ketones (excluding diaryl/α,β-unsaturated/α-hetero) is 1. The molecule has 3 N–H and O–H groups in total. The van der Waals surface area contributed by atoms with Crippen LogP contribution in [-0.2, 0) is 0 Å². The molecule has 0 spiro atoms. The fourth-order valence-electron chi connectivity index (χ4n) is 4.53. The van der Waals surface area contributed by atoms with Gasteiger partial charge in [0, 0.05) is 42.3 Å². The van der Waals surface area contributed by atoms with Crippen LogP contribution in [0.5, 0.6) is 0 Å². The van der Waals surface area contributed by atoms with Crippen LogP contribution in [0.3, 0.4) is 0 Å². The molecule has 5 rings (SSSR count). The normalized spacial score (nSPS) is 15.7. The van der Waals surface area contributed by atoms with Crippen molar-refractivity contribution in [2.75, 3.05) is 23.3 Å². The maximum Gasteiger partial charge on any atom is 0.271 e. The van der Waals surface area contributed by atoms with Crippen molar-refractivity contribution in [3.8, 4) is 0 Å². The van der Waals surface area contributed by atoms with Crippen molar-refractivity contribution in [1.29, 1.82) is 0 Å². The molecule has 2 aromatic heterocycles. The van der Waals surface area contributed by atoms with Gasteiger partial charge in [-0.3, -0.25) is 14.6 Å². The van der Waals surface area contributed by atoms with Gasteiger partial charge in [-0.05, 0) is 43.0 Å². The number of primary amides is 1. The summed E-state index contributed by atoms with van der Waals surface area (Å²) in [5, 5.41) is 4.17. The Labute approximate surface area is 203 Å². The number of benzene rings is 2. The van der Waals surface area contributed by atoms with Crippen molar-refractivity contribution < 1.29 is 9.59 Å². The number of nitrogens with one attached hydrogen (secondary N) is 1. The molecule has 1 aliphatic rings. The Morgan fingerprint density at radius 1 is 1.06 bits per heavy atom. The van der Waals surface area contributed by atoms with Crippen LogP contribution >= 0.6 is 0 Å². The van der Waals surface area contributed by atoms with Crippen molar-refractivity contribution >= 4 is 39.9 Å². The zero-order chi connectivity index (χ0) is 24.2. The van der Waals surface area contributed by atoms with E-state index in [0.29, 0.717) is 24.6 Å². The molecule has 3 heterocycles. The first kappa shape index (κ1) is 22.5. The third kappa shape index (κ3) is 5.11. The van der Waals surface area contributed by atoms with Gasteiger partial charge in [0.1, 0.15) is 5.82 Å². The van der Waals surface area contributed by atoms with E-state index in [4.69, 9.17) is 10.7 Å². The Kier molecular flexibility index (Phi) is 6.34. The number of nitrogens with zero attached hydrogens (tertiary/aromatic N) is 4. The molecule has 1 amide bonds. The number of carbonyl (C=O) groups is 2. The van der Waals surface area contributed by atoms with Gasteiger partial charge in [-0.25, -0.2) is 9.97 Å². The van der Waals surface area contributed by atoms with E-state index in [1.807, 2.05) is 60.7 Å². The van der Waals surface area contributed by atoms with Gasteiger partial charge < -0.3 is 16.0 Å². The van der Waals surface area contributed by atoms with Gasteiger partial charge >= 0.3 is 0 Å². The highest BCUT2D eigenvalue weighted by Gasteiger charge is 2.25. The summed E-state index contributed by atoms with van der Waals surface area (Å²) in [6.07, 6.45) is 5.75. The third-order valence-corrected chi connectivity index (χ3v) is 6.27. The van der Waals surface area contributed by atoms with Crippen molar-refractivity contribution in [2.45, 2.75) is 19.3 Å². The number of nitrogens with two attached hydrogens (primary N) is 1. The predicted octanol–water partition coefficient (Wildman–Crippen LogP) is 4.36. The molecule has 1 atom stereocenters. The number of aromatic nitrogens is 3. The summed E-state index contributed by atoms with van der Waals surface area (Å²) in [4.78, 5) is 40.3. The van der Waals surface area contributed by atoms with Gasteiger partial charge in [-0.15, -0.1) is 0 Å². The number of anilines is 3. The van der Waals surface area contributed by atoms with Crippen molar-refractivity contribution in [2.24, 2.45) is 11.7 Å². The first-order valence-electron chi connectivity index (χ1n) is 11.7. The molecular formula is C27H26N6O2. The number of hydrogen-bond acceptors (Lipinski definition) is 7. The van der Waals surface area contributed by atoms with Gasteiger partial charge in [0.05, 0.1) is 11.7 Å². The number of carbonyl (C=O) groups excluding carboxylic acids is 2. The molecule has 0 unspecified atom stereocenters. The Bertz CT molecular complexity index is 1370. The van der Waals surface area contributed by atoms with Crippen molar-refractivity contribution in [3.63, 3.8) is 0 Å². The standard InChI is InChI=1S/C27H26N6O2/c28-26(35)25-27(31-21-10-11-22-20(15-21)9-4-12-29-22)32-24(16-30-25)33-13-5-6-18(17-33)14-23(34)19-7-2-1-3-8-19/h1-4,7-12,15-16,18H,5-6,13-14,17H2,(H2,28,35)(H,31,32)/t18-/m0/s1. The second kappa shape index (κ2) is 9.89. The first-order chi connectivity index (χ1) is 17.1. The minimum atomic E-state index is -0.654. The van der Waals surface area contributed by atoms with E-state index >= 15 is 0 Å². The van der Waals surface area contributed by atoms with Crippen LogP contribution in [0.15, 0.2) is 73.1 Å². The van der Waals surface area contributed by atoms with Gasteiger partial charge in [0.2, 0.25) is 0 Å². The van der Waals surface area contributed by atoms with Crippen LogP contribution in [-0.4, -0.2) is 39.7 Å². The summed E-state index contributed by atoms with van der Waals surface area (Å²) < 4.78 is 0. The summed E-state index contributed by atoms with van der Waals surface area (Å²) in [6, 6.07) is 19.0. The van der Waals surface area contributed by atoms with E-state index < -0.39 is 5.91 Å². The number of amides is 1. The van der Waals surface area contributed by atoms with E-state index in [-0.39, 0.29) is 17.4 Å². The molecule has 0 radical (unpaired) electrons. The molecule has 8 heteroatoms. The van der Waals surface area contributed by atoms with Gasteiger partial charge in [-0.2, -0.15) is 0 Å². The Balaban J connectivity index is 1.36. The van der Waals surface area contributed by atoms with E-state index in [0.717, 1.165) is 41.5 Å². The lowest BCUT2D eigenvalue weighted by Gasteiger charge is -2.33. The lowest BCUT2D eigenvalue weighted by atomic mass is 9.91. The first-order valence-corrected chi connectivity index (χ1v) is 11.7. The molecule has 1 fully saturated rings. The monoisotopic (exact) mass is 466 g/mol. The summed E-state index contributed by atoms with van der Waals surface area (Å²) >= 11 is 0. The fraction of sp³-hybridized carbons (Fsp3) is 0.222. The molecule has 0 bridgehead atoms. The molecule has 8 nitrogen and oxygen atoms in total. The second-order valence-electron chi connectivity index (χ2n) is 8.77. The Morgan fingerprint density at radius 2 is 1.91 bits per heavy atom. The van der Waals surface area contributed by atoms with Crippen molar-refractivity contribution in [1.82, 2.24) is 15.0 Å². The number of pyridine rings is 1. The molecule has 1 aliphatic heterocycles. The van der Waals surface area contributed by atoms with Crippen LogP contribution in [0.4, 0.5) is 17.3 Å². The fourth-order valence-corrected chi connectivity index (χ4v) is 4.53. The highest BCUT2D eigenvalue weighted by atomic mass is 16.1. The van der Waals surface area contributed by atoms with Gasteiger partial charge in [0.15, 0.2) is 17.3 Å². The molecule has 2 aromatic carbocycles. The SMILES string of the molecule is NC(=O)c1ncc(N2CCC[C@@H](CC(=O)c3ccccc3)C2)nc1Nc1ccc2ncccc2c1. The molecule has 176 valence electrons. The summed E-state index contributed by atoms with van der Waals surface area (Å²) in [5.41, 5.74) is 8.02. The summed E-state index contributed by atoms with van der Waals surface area (Å²) in [6.45, 7) is 1.51. The van der Waals surface area contributed by atoms with Crippen LogP contribution in [0.1, 0.15) is 40.1 Å². The minimum absolute atomic E-state index is 0.0767. The van der Waals surface area contributed by atoms with E-state index in [1.54, 1.807) is 12.4 Å². The largest absolute Gasteiger partial charge is 0.364 e. The van der Waals surface area contributed by atoms with Gasteiger partial charge in [-0.1, -0.05) is 36.4 Å². The Morgan fingerprint density at radius 3 is 2.74 bits per heavy atom. The molecule has 0 saturated carbocycles. The molecule has 1 saturated heterocycles. The molecule has 0 aliphatic carbocycles. The van der Waals surface area contributed by atoms with Gasteiger partial charge in [0.25, 0.3) is 5.91 Å². The highest BCUT2D eigenvalue weighted by Crippen LogP contribution is 2.28. The topological polar surface area (TPSA) is 114 Å². The molecule has 35 heavy (non-hydrogen) atoms. The van der Waals surface area contributed by atoms with Crippen LogP contribution in [0.25, 0.3) is 10.9 Å². The van der Waals surface area contributed by atoms with Crippen LogP contribution < -0.4 is 16.0 Å². The molecular weight excluding hydrogens is 440 g/mol. The Hall–Kier alpha value is -4.33. The van der Waals surface area contributed by atoms with Crippen LogP contribution in [0.2, 0.25) is 0 Å². The van der Waals surface area contributed by atoms with E-state index in [2.05, 4.69) is 20.2 Å². The zero-order valence-corrected chi connectivity index (χ0v) is 19.2. The summed E-state index contributed by atoms with van der Waals surface area (Å²) in [5.74, 6) is 0.677. The predicted molar refractivity (Wildman–Crippen MR) is 136 cm³/mol. The number of ketones is 1. The van der Waals surface area contributed by atoms with E-state index in [9.17, 15) is 9.59 Å². The average molecular weight is 467 g/mol. The number of piperidine rings is 1. The van der Waals surface area contributed by atoms with Crippen LogP contribution in [0, 0.1) is 5.92 Å². The summed E-state index contributed by atoms with van der Waals surface area (Å²) in [7, 11) is 0. The lowest BCUT2D eigenvalue weighted by Crippen LogP contribution is -2.37. The third-order valence-electron chi connectivity index (χ3n) is 6.27. The number of hydrogen-bond donors (Lipinski definition) is 2. The maximum absolute atomic E-state index is 12.7. The maximum atomic E-state index is 12.7. The zero-order valence-electron chi connectivity index (χ0n) is 19.2. The quantitative estimate of drug-likeness (QED) is 0.389. The smallest absolute Gasteiger partial charge is 0.271 e. The number of fused-ring (bicyclic) bond motifs is 1. The van der Waals surface area contributed by atoms with E-state index in [1.165, 1.54) is 0 Å². The second-order valence-corrected chi connectivity index (χ2v) is 8.77. The average Bonchev–Trinajstić information content (AvgIpc) is 2.89. The highest BCUT2D eigenvalue weighted by molar-refractivity contribution is 5.97.